The highest BCUT2D eigenvalue weighted by molar-refractivity contribution is 5.94. The van der Waals surface area contributed by atoms with E-state index in [2.05, 4.69) is 20.7 Å². The summed E-state index contributed by atoms with van der Waals surface area (Å²) < 4.78 is 30.2. The Morgan fingerprint density at radius 2 is 1.94 bits per heavy atom. The molecule has 0 N–H and O–H groups in total. The lowest BCUT2D eigenvalue weighted by atomic mass is 10.00. The number of halogens is 2. The van der Waals surface area contributed by atoms with Crippen molar-refractivity contribution < 1.29 is 18.3 Å². The van der Waals surface area contributed by atoms with Gasteiger partial charge < -0.3 is 9.64 Å². The van der Waals surface area contributed by atoms with Crippen LogP contribution in [0.4, 0.5) is 8.78 Å². The molecule has 0 spiro atoms. The van der Waals surface area contributed by atoms with E-state index < -0.39 is 6.61 Å². The number of pyridine rings is 1. The summed E-state index contributed by atoms with van der Waals surface area (Å²) >= 11 is 0. The molecular weight excluding hydrogens is 450 g/mol. The standard InChI is InChI=1S/C27H26F2N4O2/c28-27(29)35-25-9-2-1-7-23(25)19-32-13-10-24(11-14-32)33(18-21-6-4-12-31-17-21)26(34)22-8-3-5-20(15-22)16-30/h1-9,12,15,17,24,27H,10-11,13-14,18-19H2. The number of para-hydroxylation sites is 1. The fraction of sp³-hybridized carbons (Fsp3) is 0.296. The van der Waals surface area contributed by atoms with E-state index in [1.54, 1.807) is 54.9 Å². The van der Waals surface area contributed by atoms with Gasteiger partial charge in [-0.25, -0.2) is 0 Å². The minimum Gasteiger partial charge on any atom is -0.434 e. The molecule has 0 atom stereocenters. The van der Waals surface area contributed by atoms with Crippen molar-refractivity contribution in [1.29, 1.82) is 5.26 Å². The van der Waals surface area contributed by atoms with E-state index in [1.807, 2.05) is 23.1 Å². The van der Waals surface area contributed by atoms with Gasteiger partial charge in [-0.1, -0.05) is 30.3 Å². The number of amides is 1. The van der Waals surface area contributed by atoms with Gasteiger partial charge in [0.1, 0.15) is 5.75 Å². The summed E-state index contributed by atoms with van der Waals surface area (Å²) in [5, 5.41) is 9.25. The summed E-state index contributed by atoms with van der Waals surface area (Å²) in [6.07, 6.45) is 4.92. The predicted molar refractivity (Wildman–Crippen MR) is 127 cm³/mol. The van der Waals surface area contributed by atoms with Crippen molar-refractivity contribution in [3.05, 3.63) is 95.3 Å². The van der Waals surface area contributed by atoms with Crippen molar-refractivity contribution in [2.75, 3.05) is 13.1 Å². The maximum atomic E-state index is 13.5. The van der Waals surface area contributed by atoms with Gasteiger partial charge in [0.15, 0.2) is 0 Å². The number of carbonyl (C=O) groups excluding carboxylic acids is 1. The fourth-order valence-electron chi connectivity index (χ4n) is 4.42. The highest BCUT2D eigenvalue weighted by Crippen LogP contribution is 2.26. The number of benzene rings is 2. The van der Waals surface area contributed by atoms with Crippen molar-refractivity contribution >= 4 is 5.91 Å². The average Bonchev–Trinajstić information content (AvgIpc) is 2.89. The Bertz CT molecular complexity index is 1180. The first-order chi connectivity index (χ1) is 17.0. The molecule has 2 aromatic carbocycles. The zero-order valence-electron chi connectivity index (χ0n) is 19.2. The summed E-state index contributed by atoms with van der Waals surface area (Å²) in [7, 11) is 0. The number of rotatable bonds is 8. The molecule has 180 valence electrons. The molecule has 1 fully saturated rings. The van der Waals surface area contributed by atoms with E-state index in [4.69, 9.17) is 0 Å². The fourth-order valence-corrected chi connectivity index (χ4v) is 4.42. The highest BCUT2D eigenvalue weighted by atomic mass is 19.3. The molecule has 0 saturated carbocycles. The molecule has 0 radical (unpaired) electrons. The van der Waals surface area contributed by atoms with Gasteiger partial charge in [-0.3, -0.25) is 14.7 Å². The Hall–Kier alpha value is -3.83. The van der Waals surface area contributed by atoms with E-state index in [1.165, 1.54) is 0 Å². The lowest BCUT2D eigenvalue weighted by Crippen LogP contribution is -2.47. The van der Waals surface area contributed by atoms with Crippen LogP contribution >= 0.6 is 0 Å². The van der Waals surface area contributed by atoms with Crippen molar-refractivity contribution in [1.82, 2.24) is 14.8 Å². The molecule has 2 heterocycles. The summed E-state index contributed by atoms with van der Waals surface area (Å²) in [5.74, 6) is 0.0652. The number of nitrogens with zero attached hydrogens (tertiary/aromatic N) is 4. The van der Waals surface area contributed by atoms with Gasteiger partial charge in [-0.05, 0) is 48.7 Å². The molecule has 0 unspecified atom stereocenters. The molecule has 1 aromatic heterocycles. The van der Waals surface area contributed by atoms with Crippen LogP contribution < -0.4 is 4.74 Å². The molecule has 1 amide bonds. The second kappa shape index (κ2) is 11.5. The number of ether oxygens (including phenoxy) is 1. The summed E-state index contributed by atoms with van der Waals surface area (Å²) in [6, 6.07) is 19.5. The monoisotopic (exact) mass is 476 g/mol. The summed E-state index contributed by atoms with van der Waals surface area (Å²) in [4.78, 5) is 21.8. The number of alkyl halides is 2. The first-order valence-corrected chi connectivity index (χ1v) is 11.5. The van der Waals surface area contributed by atoms with Gasteiger partial charge in [-0.15, -0.1) is 0 Å². The number of piperidine rings is 1. The first-order valence-electron chi connectivity index (χ1n) is 11.5. The van der Waals surface area contributed by atoms with Crippen molar-refractivity contribution in [3.63, 3.8) is 0 Å². The third kappa shape index (κ3) is 6.40. The predicted octanol–water partition coefficient (Wildman–Crippen LogP) is 4.86. The average molecular weight is 477 g/mol. The van der Waals surface area contributed by atoms with Crippen molar-refractivity contribution in [2.45, 2.75) is 38.6 Å². The maximum Gasteiger partial charge on any atom is 0.387 e. The smallest absolute Gasteiger partial charge is 0.387 e. The Morgan fingerprint density at radius 1 is 1.14 bits per heavy atom. The van der Waals surface area contributed by atoms with Crippen LogP contribution in [0.5, 0.6) is 5.75 Å². The van der Waals surface area contributed by atoms with Gasteiger partial charge >= 0.3 is 6.61 Å². The normalized spacial score (nSPS) is 14.5. The van der Waals surface area contributed by atoms with E-state index in [-0.39, 0.29) is 17.7 Å². The van der Waals surface area contributed by atoms with E-state index in [0.717, 1.165) is 18.4 Å². The Balaban J connectivity index is 1.47. The van der Waals surface area contributed by atoms with Crippen molar-refractivity contribution in [2.24, 2.45) is 0 Å². The van der Waals surface area contributed by atoms with Gasteiger partial charge in [0.2, 0.25) is 0 Å². The Labute approximate surface area is 203 Å². The second-order valence-corrected chi connectivity index (χ2v) is 8.48. The number of hydrogen-bond donors (Lipinski definition) is 0. The van der Waals surface area contributed by atoms with Gasteiger partial charge in [0, 0.05) is 55.7 Å². The quantitative estimate of drug-likeness (QED) is 0.464. The van der Waals surface area contributed by atoms with Crippen LogP contribution in [0.25, 0.3) is 0 Å². The molecule has 0 aliphatic carbocycles. The van der Waals surface area contributed by atoms with Crippen LogP contribution in [0.2, 0.25) is 0 Å². The van der Waals surface area contributed by atoms with Crippen LogP contribution in [0.15, 0.2) is 73.1 Å². The van der Waals surface area contributed by atoms with Crippen LogP contribution in [0, 0.1) is 11.3 Å². The molecular formula is C27H26F2N4O2. The molecule has 6 nitrogen and oxygen atoms in total. The number of hydrogen-bond acceptors (Lipinski definition) is 5. The van der Waals surface area contributed by atoms with E-state index >= 15 is 0 Å². The minimum atomic E-state index is -2.87. The third-order valence-electron chi connectivity index (χ3n) is 6.16. The SMILES string of the molecule is N#Cc1cccc(C(=O)N(Cc2cccnc2)C2CCN(Cc3ccccc3OC(F)F)CC2)c1. The summed E-state index contributed by atoms with van der Waals surface area (Å²) in [5.41, 5.74) is 2.56. The van der Waals surface area contributed by atoms with E-state index in [9.17, 15) is 18.8 Å². The Kier molecular flexibility index (Phi) is 8.01. The molecule has 35 heavy (non-hydrogen) atoms. The molecule has 1 saturated heterocycles. The molecule has 8 heteroatoms. The van der Waals surface area contributed by atoms with E-state index in [0.29, 0.717) is 42.9 Å². The van der Waals surface area contributed by atoms with Gasteiger partial charge in [0.25, 0.3) is 5.91 Å². The van der Waals surface area contributed by atoms with Crippen LogP contribution in [-0.2, 0) is 13.1 Å². The lowest BCUT2D eigenvalue weighted by molar-refractivity contribution is -0.0508. The summed E-state index contributed by atoms with van der Waals surface area (Å²) in [6.45, 7) is -0.533. The first kappa shape index (κ1) is 24.3. The lowest BCUT2D eigenvalue weighted by Gasteiger charge is -2.39. The molecule has 1 aliphatic heterocycles. The molecule has 4 rings (SSSR count). The highest BCUT2D eigenvalue weighted by Gasteiger charge is 2.29. The zero-order valence-corrected chi connectivity index (χ0v) is 19.2. The molecule has 3 aromatic rings. The third-order valence-corrected chi connectivity index (χ3v) is 6.16. The van der Waals surface area contributed by atoms with Crippen LogP contribution in [-0.4, -0.2) is 46.4 Å². The van der Waals surface area contributed by atoms with Crippen LogP contribution in [0.1, 0.15) is 39.9 Å². The minimum absolute atomic E-state index is 0.00254. The van der Waals surface area contributed by atoms with Gasteiger partial charge in [-0.2, -0.15) is 14.0 Å². The molecule has 1 aliphatic rings. The molecule has 0 bridgehead atoms. The number of carbonyl (C=O) groups is 1. The number of likely N-dealkylation sites (tertiary alicyclic amines) is 1. The second-order valence-electron chi connectivity index (χ2n) is 8.48. The largest absolute Gasteiger partial charge is 0.434 e. The number of aromatic nitrogens is 1. The Morgan fingerprint density at radius 3 is 2.66 bits per heavy atom. The zero-order chi connectivity index (χ0) is 24.6. The van der Waals surface area contributed by atoms with Crippen LogP contribution in [0.3, 0.4) is 0 Å². The topological polar surface area (TPSA) is 69.5 Å². The maximum absolute atomic E-state index is 13.5. The number of nitriles is 1. The van der Waals surface area contributed by atoms with Gasteiger partial charge in [0.05, 0.1) is 11.6 Å². The van der Waals surface area contributed by atoms with Crippen molar-refractivity contribution in [3.8, 4) is 11.8 Å².